The standard InChI is InChI=1S/C15H18N2O3S/c1-3-20-15(19)8-7-14(18)17(10-9-16)12-5-4-6-13(11-12)21-2/h4-6,11H,3,7-8,10H2,1-2H3. The van der Waals surface area contributed by atoms with Crippen LogP contribution in [0.4, 0.5) is 5.69 Å². The van der Waals surface area contributed by atoms with Gasteiger partial charge in [0, 0.05) is 17.0 Å². The van der Waals surface area contributed by atoms with Crippen molar-refractivity contribution in [3.05, 3.63) is 24.3 Å². The Morgan fingerprint density at radius 1 is 1.38 bits per heavy atom. The van der Waals surface area contributed by atoms with Crippen LogP contribution in [0.15, 0.2) is 29.2 Å². The maximum atomic E-state index is 12.2. The Bertz CT molecular complexity index is 540. The number of benzene rings is 1. The first-order valence-electron chi connectivity index (χ1n) is 6.59. The minimum absolute atomic E-state index is 0.0246. The maximum Gasteiger partial charge on any atom is 0.306 e. The van der Waals surface area contributed by atoms with E-state index in [9.17, 15) is 9.59 Å². The van der Waals surface area contributed by atoms with Crippen LogP contribution in [0.2, 0.25) is 0 Å². The first kappa shape index (κ1) is 17.1. The van der Waals surface area contributed by atoms with Crippen LogP contribution < -0.4 is 4.90 Å². The number of hydrogen-bond donors (Lipinski definition) is 0. The second kappa shape index (κ2) is 9.03. The van der Waals surface area contributed by atoms with Gasteiger partial charge < -0.3 is 4.74 Å². The van der Waals surface area contributed by atoms with E-state index >= 15 is 0 Å². The minimum atomic E-state index is -0.402. The number of anilines is 1. The van der Waals surface area contributed by atoms with E-state index in [1.807, 2.05) is 30.5 Å². The number of carbonyl (C=O) groups excluding carboxylic acids is 2. The molecule has 0 aromatic heterocycles. The molecule has 1 rings (SSSR count). The lowest BCUT2D eigenvalue weighted by Gasteiger charge is -2.20. The van der Waals surface area contributed by atoms with E-state index in [4.69, 9.17) is 10.00 Å². The molecule has 112 valence electrons. The molecule has 0 aliphatic rings. The van der Waals surface area contributed by atoms with E-state index in [-0.39, 0.29) is 25.3 Å². The minimum Gasteiger partial charge on any atom is -0.466 e. The second-order valence-electron chi connectivity index (χ2n) is 4.14. The third kappa shape index (κ3) is 5.48. The Morgan fingerprint density at radius 2 is 2.14 bits per heavy atom. The number of nitrogens with zero attached hydrogens (tertiary/aromatic N) is 2. The SMILES string of the molecule is CCOC(=O)CCC(=O)N(CC#N)c1cccc(SC)c1. The summed E-state index contributed by atoms with van der Waals surface area (Å²) in [6, 6.07) is 9.38. The summed E-state index contributed by atoms with van der Waals surface area (Å²) in [7, 11) is 0. The summed E-state index contributed by atoms with van der Waals surface area (Å²) in [6.07, 6.45) is 2.00. The molecule has 6 heteroatoms. The molecule has 0 spiro atoms. The molecule has 0 aliphatic carbocycles. The van der Waals surface area contributed by atoms with Gasteiger partial charge in [-0.1, -0.05) is 6.07 Å². The molecule has 0 atom stereocenters. The van der Waals surface area contributed by atoms with Crippen molar-refractivity contribution in [1.82, 2.24) is 0 Å². The molecule has 1 amide bonds. The van der Waals surface area contributed by atoms with Gasteiger partial charge in [0.1, 0.15) is 6.54 Å². The van der Waals surface area contributed by atoms with E-state index < -0.39 is 5.97 Å². The van der Waals surface area contributed by atoms with Crippen molar-refractivity contribution in [2.24, 2.45) is 0 Å². The predicted molar refractivity (Wildman–Crippen MR) is 82.1 cm³/mol. The molecule has 0 saturated carbocycles. The summed E-state index contributed by atoms with van der Waals surface area (Å²) in [6.45, 7) is 1.97. The Morgan fingerprint density at radius 3 is 2.76 bits per heavy atom. The molecule has 0 fully saturated rings. The Labute approximate surface area is 128 Å². The molecule has 21 heavy (non-hydrogen) atoms. The molecule has 0 radical (unpaired) electrons. The average Bonchev–Trinajstić information content (AvgIpc) is 2.50. The number of rotatable bonds is 7. The van der Waals surface area contributed by atoms with E-state index in [0.717, 1.165) is 4.90 Å². The molecule has 0 aliphatic heterocycles. The quantitative estimate of drug-likeness (QED) is 0.440. The van der Waals surface area contributed by atoms with Gasteiger partial charge in [0.05, 0.1) is 19.1 Å². The van der Waals surface area contributed by atoms with Gasteiger partial charge in [-0.2, -0.15) is 5.26 Å². The number of ether oxygens (including phenoxy) is 1. The Hall–Kier alpha value is -2.00. The van der Waals surface area contributed by atoms with Gasteiger partial charge in [-0.05, 0) is 31.4 Å². The highest BCUT2D eigenvalue weighted by atomic mass is 32.2. The lowest BCUT2D eigenvalue weighted by atomic mass is 10.2. The van der Waals surface area contributed by atoms with Gasteiger partial charge in [0.2, 0.25) is 5.91 Å². The van der Waals surface area contributed by atoms with Crippen molar-refractivity contribution in [1.29, 1.82) is 5.26 Å². The van der Waals surface area contributed by atoms with Crippen LogP contribution in [-0.4, -0.2) is 31.3 Å². The zero-order valence-corrected chi connectivity index (χ0v) is 13.0. The van der Waals surface area contributed by atoms with E-state index in [2.05, 4.69) is 0 Å². The summed E-state index contributed by atoms with van der Waals surface area (Å²) in [5.74, 6) is -0.663. The summed E-state index contributed by atoms with van der Waals surface area (Å²) in [5, 5.41) is 8.89. The topological polar surface area (TPSA) is 70.4 Å². The highest BCUT2D eigenvalue weighted by Gasteiger charge is 2.17. The number of thioether (sulfide) groups is 1. The molecule has 0 N–H and O–H groups in total. The van der Waals surface area contributed by atoms with Crippen LogP contribution in [0, 0.1) is 11.3 Å². The van der Waals surface area contributed by atoms with Gasteiger partial charge in [0.15, 0.2) is 0 Å². The Balaban J connectivity index is 2.78. The molecular weight excluding hydrogens is 288 g/mol. The third-order valence-electron chi connectivity index (χ3n) is 2.74. The van der Waals surface area contributed by atoms with Crippen molar-refractivity contribution < 1.29 is 14.3 Å². The first-order valence-corrected chi connectivity index (χ1v) is 7.81. The van der Waals surface area contributed by atoms with Crippen LogP contribution in [0.25, 0.3) is 0 Å². The van der Waals surface area contributed by atoms with Crippen molar-refractivity contribution >= 4 is 29.3 Å². The van der Waals surface area contributed by atoms with Crippen LogP contribution in [0.1, 0.15) is 19.8 Å². The molecule has 0 heterocycles. The largest absolute Gasteiger partial charge is 0.466 e. The van der Waals surface area contributed by atoms with Crippen LogP contribution >= 0.6 is 11.8 Å². The highest BCUT2D eigenvalue weighted by Crippen LogP contribution is 2.22. The molecule has 0 unspecified atom stereocenters. The van der Waals surface area contributed by atoms with E-state index in [1.54, 1.807) is 24.8 Å². The van der Waals surface area contributed by atoms with Gasteiger partial charge in [-0.3, -0.25) is 14.5 Å². The smallest absolute Gasteiger partial charge is 0.306 e. The van der Waals surface area contributed by atoms with Crippen molar-refractivity contribution in [2.45, 2.75) is 24.7 Å². The maximum absolute atomic E-state index is 12.2. The van der Waals surface area contributed by atoms with Crippen LogP contribution in [0.5, 0.6) is 0 Å². The highest BCUT2D eigenvalue weighted by molar-refractivity contribution is 7.98. The number of esters is 1. The van der Waals surface area contributed by atoms with Gasteiger partial charge in [-0.15, -0.1) is 11.8 Å². The molecule has 1 aromatic carbocycles. The fourth-order valence-corrected chi connectivity index (χ4v) is 2.20. The molecule has 0 saturated heterocycles. The summed E-state index contributed by atoms with van der Waals surface area (Å²) < 4.78 is 4.80. The zero-order valence-electron chi connectivity index (χ0n) is 12.2. The van der Waals surface area contributed by atoms with E-state index in [1.165, 1.54) is 4.90 Å². The second-order valence-corrected chi connectivity index (χ2v) is 5.02. The average molecular weight is 306 g/mol. The van der Waals surface area contributed by atoms with Crippen LogP contribution in [0.3, 0.4) is 0 Å². The van der Waals surface area contributed by atoms with E-state index in [0.29, 0.717) is 12.3 Å². The number of nitriles is 1. The number of carbonyl (C=O) groups is 2. The van der Waals surface area contributed by atoms with Gasteiger partial charge in [0.25, 0.3) is 0 Å². The fraction of sp³-hybridized carbons (Fsp3) is 0.400. The number of hydrogen-bond acceptors (Lipinski definition) is 5. The summed E-state index contributed by atoms with van der Waals surface area (Å²) in [4.78, 5) is 25.9. The monoisotopic (exact) mass is 306 g/mol. The van der Waals surface area contributed by atoms with Crippen molar-refractivity contribution in [2.75, 3.05) is 24.3 Å². The lowest BCUT2D eigenvalue weighted by Crippen LogP contribution is -2.31. The summed E-state index contributed by atoms with van der Waals surface area (Å²) in [5.41, 5.74) is 0.664. The zero-order chi connectivity index (χ0) is 15.7. The summed E-state index contributed by atoms with van der Waals surface area (Å²) >= 11 is 1.56. The molecular formula is C15H18N2O3S. The van der Waals surface area contributed by atoms with Crippen LogP contribution in [-0.2, 0) is 14.3 Å². The number of amides is 1. The molecule has 1 aromatic rings. The molecule has 0 bridgehead atoms. The third-order valence-corrected chi connectivity index (χ3v) is 3.47. The van der Waals surface area contributed by atoms with Crippen molar-refractivity contribution in [3.8, 4) is 6.07 Å². The fourth-order valence-electron chi connectivity index (χ4n) is 1.75. The van der Waals surface area contributed by atoms with Gasteiger partial charge >= 0.3 is 5.97 Å². The lowest BCUT2D eigenvalue weighted by molar-refractivity contribution is -0.144. The van der Waals surface area contributed by atoms with Crippen molar-refractivity contribution in [3.63, 3.8) is 0 Å². The first-order chi connectivity index (χ1) is 10.1. The normalized spacial score (nSPS) is 9.76. The Kier molecular flexibility index (Phi) is 7.33. The predicted octanol–water partition coefficient (Wildman–Crippen LogP) is 2.61. The van der Waals surface area contributed by atoms with Gasteiger partial charge in [-0.25, -0.2) is 0 Å². The molecule has 5 nitrogen and oxygen atoms in total.